The second kappa shape index (κ2) is 2.67. The molecule has 0 saturated carbocycles. The van der Waals surface area contributed by atoms with Crippen LogP contribution < -0.4 is 27.3 Å². The number of hydrazine groups is 2. The van der Waals surface area contributed by atoms with Gasteiger partial charge in [-0.15, -0.1) is 0 Å². The van der Waals surface area contributed by atoms with E-state index in [1.165, 1.54) is 0 Å². The third kappa shape index (κ3) is 1.16. The van der Waals surface area contributed by atoms with Crippen LogP contribution in [-0.2, 0) is 0 Å². The van der Waals surface area contributed by atoms with Crippen LogP contribution in [0, 0.1) is 0 Å². The molecule has 11 heavy (non-hydrogen) atoms. The number of rotatable bonds is 1. The van der Waals surface area contributed by atoms with E-state index in [-0.39, 0.29) is 6.17 Å². The van der Waals surface area contributed by atoms with E-state index in [1.54, 1.807) is 5.01 Å². The molecule has 0 aromatic rings. The van der Waals surface area contributed by atoms with Crippen LogP contribution in [0.1, 0.15) is 0 Å². The molecule has 62 valence electrons. The van der Waals surface area contributed by atoms with Crippen molar-refractivity contribution in [2.45, 2.75) is 6.17 Å². The summed E-state index contributed by atoms with van der Waals surface area (Å²) in [4.78, 5) is 0. The van der Waals surface area contributed by atoms with E-state index in [0.717, 1.165) is 12.4 Å². The van der Waals surface area contributed by atoms with Gasteiger partial charge in [-0.2, -0.15) is 5.53 Å². The molecule has 2 aliphatic heterocycles. The number of nitrogens with zero attached hydrogens (tertiary/aromatic N) is 1. The lowest BCUT2D eigenvalue weighted by Gasteiger charge is -2.28. The number of hydrogen-bond donors (Lipinski definition) is 5. The Morgan fingerprint density at radius 2 is 2.55 bits per heavy atom. The zero-order chi connectivity index (χ0) is 7.68. The van der Waals surface area contributed by atoms with E-state index < -0.39 is 0 Å². The lowest BCUT2D eigenvalue weighted by Crippen LogP contribution is -2.53. The van der Waals surface area contributed by atoms with Crippen molar-refractivity contribution in [1.29, 1.82) is 0 Å². The topological polar surface area (TPSA) is 77.4 Å². The van der Waals surface area contributed by atoms with Crippen LogP contribution in [0.2, 0.25) is 0 Å². The van der Waals surface area contributed by atoms with Gasteiger partial charge in [-0.3, -0.25) is 21.5 Å². The Balaban J connectivity index is 2.09. The number of fused-ring (bicyclic) bond motifs is 1. The van der Waals surface area contributed by atoms with Crippen LogP contribution in [-0.4, -0.2) is 24.5 Å². The predicted molar refractivity (Wildman–Crippen MR) is 40.2 cm³/mol. The molecule has 1 fully saturated rings. The zero-order valence-corrected chi connectivity index (χ0v) is 6.09. The summed E-state index contributed by atoms with van der Waals surface area (Å²) in [5.41, 5.74) is 3.66. The number of hydrogen-bond acceptors (Lipinski definition) is 6. The summed E-state index contributed by atoms with van der Waals surface area (Å²) in [5.74, 6) is 5.23. The molecule has 1 atom stereocenters. The first kappa shape index (κ1) is 6.86. The lowest BCUT2D eigenvalue weighted by atomic mass is 10.3. The Kier molecular flexibility index (Phi) is 1.66. The van der Waals surface area contributed by atoms with Crippen LogP contribution in [0.25, 0.3) is 0 Å². The van der Waals surface area contributed by atoms with Gasteiger partial charge in [-0.1, -0.05) is 0 Å². The van der Waals surface area contributed by atoms with E-state index in [0.29, 0.717) is 6.67 Å². The van der Waals surface area contributed by atoms with E-state index in [4.69, 9.17) is 5.84 Å². The van der Waals surface area contributed by atoms with Crippen molar-refractivity contribution in [1.82, 2.24) is 26.5 Å². The molecule has 1 saturated heterocycles. The summed E-state index contributed by atoms with van der Waals surface area (Å²) < 4.78 is 0. The molecule has 0 radical (unpaired) electrons. The van der Waals surface area contributed by atoms with Gasteiger partial charge in [0, 0.05) is 6.20 Å². The minimum atomic E-state index is 0.264. The van der Waals surface area contributed by atoms with Crippen LogP contribution in [0.3, 0.4) is 0 Å². The van der Waals surface area contributed by atoms with Crippen molar-refractivity contribution < 1.29 is 0 Å². The number of nitrogens with one attached hydrogen (secondary N) is 4. The van der Waals surface area contributed by atoms with E-state index in [2.05, 4.69) is 21.5 Å². The molecule has 6 N–H and O–H groups in total. The van der Waals surface area contributed by atoms with Gasteiger partial charge in [0.25, 0.3) is 0 Å². The van der Waals surface area contributed by atoms with Crippen molar-refractivity contribution in [2.24, 2.45) is 5.84 Å². The Labute approximate surface area is 64.7 Å². The first-order valence-electron chi connectivity index (χ1n) is 3.55. The Bertz CT molecular complexity index is 178. The van der Waals surface area contributed by atoms with Gasteiger partial charge in [-0.05, 0) is 0 Å². The van der Waals surface area contributed by atoms with Gasteiger partial charge in [-0.25, -0.2) is 0 Å². The molecule has 0 spiro atoms. The highest BCUT2D eigenvalue weighted by atomic mass is 15.7. The van der Waals surface area contributed by atoms with Crippen LogP contribution in [0.15, 0.2) is 11.9 Å². The fourth-order valence-electron chi connectivity index (χ4n) is 1.26. The van der Waals surface area contributed by atoms with Gasteiger partial charge >= 0.3 is 0 Å². The maximum absolute atomic E-state index is 5.23. The Morgan fingerprint density at radius 1 is 1.64 bits per heavy atom. The first-order chi connectivity index (χ1) is 5.40. The second-order valence-electron chi connectivity index (χ2n) is 2.54. The Hall–Kier alpha value is -0.820. The molecular formula is C5H12N6. The lowest BCUT2D eigenvalue weighted by molar-refractivity contribution is 0.222. The van der Waals surface area contributed by atoms with E-state index >= 15 is 0 Å². The molecule has 2 aliphatic rings. The summed E-state index contributed by atoms with van der Waals surface area (Å²) in [6.45, 7) is 1.52. The SMILES string of the molecule is NNN1C=C2NCNC2NC1. The third-order valence-corrected chi connectivity index (χ3v) is 1.84. The average Bonchev–Trinajstić information content (AvgIpc) is 2.50. The van der Waals surface area contributed by atoms with E-state index in [9.17, 15) is 0 Å². The van der Waals surface area contributed by atoms with Gasteiger partial charge in [0.1, 0.15) is 6.17 Å². The fraction of sp³-hybridized carbons (Fsp3) is 0.600. The van der Waals surface area contributed by atoms with Crippen molar-refractivity contribution in [3.05, 3.63) is 11.9 Å². The van der Waals surface area contributed by atoms with Gasteiger partial charge in [0.15, 0.2) is 0 Å². The van der Waals surface area contributed by atoms with E-state index in [1.807, 2.05) is 6.20 Å². The molecule has 0 aromatic heterocycles. The largest absolute Gasteiger partial charge is 0.372 e. The van der Waals surface area contributed by atoms with Crippen LogP contribution >= 0.6 is 0 Å². The summed E-state index contributed by atoms with van der Waals surface area (Å²) in [5, 5.41) is 11.4. The smallest absolute Gasteiger partial charge is 0.103 e. The monoisotopic (exact) mass is 156 g/mol. The van der Waals surface area contributed by atoms with Crippen molar-refractivity contribution in [2.75, 3.05) is 13.3 Å². The maximum Gasteiger partial charge on any atom is 0.103 e. The molecule has 2 heterocycles. The van der Waals surface area contributed by atoms with Crippen molar-refractivity contribution >= 4 is 0 Å². The molecule has 6 nitrogen and oxygen atoms in total. The van der Waals surface area contributed by atoms with Gasteiger partial charge in [0.2, 0.25) is 0 Å². The molecule has 0 aromatic carbocycles. The summed E-state index contributed by atoms with van der Waals surface area (Å²) >= 11 is 0. The zero-order valence-electron chi connectivity index (χ0n) is 6.09. The molecule has 0 amide bonds. The third-order valence-electron chi connectivity index (χ3n) is 1.84. The highest BCUT2D eigenvalue weighted by Crippen LogP contribution is 2.05. The quantitative estimate of drug-likeness (QED) is 0.214. The number of nitrogens with two attached hydrogens (primary N) is 1. The van der Waals surface area contributed by atoms with Gasteiger partial charge in [0.05, 0.1) is 19.0 Å². The molecule has 1 unspecified atom stereocenters. The molecular weight excluding hydrogens is 144 g/mol. The van der Waals surface area contributed by atoms with Gasteiger partial charge < -0.3 is 5.32 Å². The highest BCUT2D eigenvalue weighted by Gasteiger charge is 2.23. The molecule has 6 heteroatoms. The predicted octanol–water partition coefficient (Wildman–Crippen LogP) is -2.45. The fourth-order valence-corrected chi connectivity index (χ4v) is 1.26. The van der Waals surface area contributed by atoms with Crippen LogP contribution in [0.4, 0.5) is 0 Å². The second-order valence-corrected chi connectivity index (χ2v) is 2.54. The average molecular weight is 156 g/mol. The molecule has 0 aliphatic carbocycles. The first-order valence-corrected chi connectivity index (χ1v) is 3.55. The minimum absolute atomic E-state index is 0.264. The van der Waals surface area contributed by atoms with Crippen molar-refractivity contribution in [3.8, 4) is 0 Å². The summed E-state index contributed by atoms with van der Waals surface area (Å²) in [6, 6.07) is 0. The standard InChI is InChI=1S/C5H12N6/c6-10-11-1-4-5(9-3-11)8-2-7-4/h1,5,7-10H,2-3,6H2. The van der Waals surface area contributed by atoms with Crippen LogP contribution in [0.5, 0.6) is 0 Å². The normalized spacial score (nSPS) is 29.4. The summed E-state index contributed by atoms with van der Waals surface area (Å²) in [6.07, 6.45) is 2.21. The Morgan fingerprint density at radius 3 is 3.36 bits per heavy atom. The maximum atomic E-state index is 5.23. The molecule has 0 bridgehead atoms. The minimum Gasteiger partial charge on any atom is -0.372 e. The summed E-state index contributed by atoms with van der Waals surface area (Å²) in [7, 11) is 0. The van der Waals surface area contributed by atoms with Crippen molar-refractivity contribution in [3.63, 3.8) is 0 Å². The highest BCUT2D eigenvalue weighted by molar-refractivity contribution is 5.13. The molecule has 2 rings (SSSR count).